The van der Waals surface area contributed by atoms with Gasteiger partial charge in [0.2, 0.25) is 0 Å². The molecule has 0 aromatic heterocycles. The maximum absolute atomic E-state index is 6.31. The number of rotatable bonds is 3. The molecule has 2 N–H and O–H groups in total. The zero-order chi connectivity index (χ0) is 13.5. The summed E-state index contributed by atoms with van der Waals surface area (Å²) < 4.78 is 0. The van der Waals surface area contributed by atoms with Crippen molar-refractivity contribution in [1.29, 1.82) is 0 Å². The van der Waals surface area contributed by atoms with Gasteiger partial charge in [-0.15, -0.1) is 0 Å². The summed E-state index contributed by atoms with van der Waals surface area (Å²) in [5.41, 5.74) is 9.33. The Morgan fingerprint density at radius 1 is 1.00 bits per heavy atom. The molecule has 20 heavy (non-hydrogen) atoms. The highest BCUT2D eigenvalue weighted by Crippen LogP contribution is 2.40. The fraction of sp³-hybridized carbons (Fsp3) is 0.667. The van der Waals surface area contributed by atoms with E-state index < -0.39 is 0 Å². The molecule has 1 saturated heterocycles. The quantitative estimate of drug-likeness (QED) is 0.914. The average molecular weight is 270 g/mol. The molecule has 4 rings (SSSR count). The first kappa shape index (κ1) is 12.8. The van der Waals surface area contributed by atoms with E-state index in [0.717, 1.165) is 24.3 Å². The lowest BCUT2D eigenvalue weighted by molar-refractivity contribution is 0.259. The van der Waals surface area contributed by atoms with Crippen molar-refractivity contribution in [2.75, 3.05) is 13.1 Å². The molecule has 0 radical (unpaired) electrons. The Labute approximate surface area is 122 Å². The van der Waals surface area contributed by atoms with Gasteiger partial charge in [-0.3, -0.25) is 4.90 Å². The van der Waals surface area contributed by atoms with Crippen LogP contribution >= 0.6 is 0 Å². The minimum absolute atomic E-state index is 0.455. The summed E-state index contributed by atoms with van der Waals surface area (Å²) in [7, 11) is 0. The highest BCUT2D eigenvalue weighted by Gasteiger charge is 2.38. The minimum atomic E-state index is 0.455. The molecule has 1 heterocycles. The summed E-state index contributed by atoms with van der Waals surface area (Å²) in [5.74, 6) is 2.50. The van der Waals surface area contributed by atoms with Gasteiger partial charge in [-0.2, -0.15) is 0 Å². The molecule has 2 saturated carbocycles. The molecular formula is C18H26N2. The zero-order valence-electron chi connectivity index (χ0n) is 12.3. The maximum Gasteiger partial charge on any atom is 0.0233 e. The number of hydrogen-bond donors (Lipinski definition) is 1. The molecule has 2 heteroatoms. The van der Waals surface area contributed by atoms with Gasteiger partial charge in [0, 0.05) is 25.7 Å². The Bertz CT molecular complexity index is 463. The van der Waals surface area contributed by atoms with Crippen molar-refractivity contribution in [3.8, 4) is 0 Å². The van der Waals surface area contributed by atoms with Gasteiger partial charge in [0.1, 0.15) is 0 Å². The van der Waals surface area contributed by atoms with Crippen molar-refractivity contribution in [1.82, 2.24) is 4.90 Å². The van der Waals surface area contributed by atoms with Gasteiger partial charge in [-0.1, -0.05) is 30.7 Å². The van der Waals surface area contributed by atoms with Crippen molar-refractivity contribution in [3.63, 3.8) is 0 Å². The predicted molar refractivity (Wildman–Crippen MR) is 82.5 cm³/mol. The standard InChI is InChI=1S/C18H26N2/c19-18-3-1-2-16-11-20(12-17(16)18)10-13-4-6-14(7-5-13)15-8-9-15/h4-7,15-18H,1-3,8-12,19H2. The number of benzene rings is 1. The Kier molecular flexibility index (Phi) is 3.31. The van der Waals surface area contributed by atoms with E-state index in [1.807, 2.05) is 0 Å². The lowest BCUT2D eigenvalue weighted by Crippen LogP contribution is -2.38. The van der Waals surface area contributed by atoms with Crippen molar-refractivity contribution >= 4 is 0 Å². The molecule has 2 nitrogen and oxygen atoms in total. The van der Waals surface area contributed by atoms with Crippen molar-refractivity contribution in [2.45, 2.75) is 50.6 Å². The second-order valence-electron chi connectivity index (χ2n) is 7.23. The van der Waals surface area contributed by atoms with E-state index in [2.05, 4.69) is 29.2 Å². The largest absolute Gasteiger partial charge is 0.327 e. The normalized spacial score (nSPS) is 34.1. The van der Waals surface area contributed by atoms with Crippen LogP contribution in [0.1, 0.15) is 49.1 Å². The Morgan fingerprint density at radius 3 is 2.50 bits per heavy atom. The molecule has 0 spiro atoms. The Balaban J connectivity index is 1.39. The maximum atomic E-state index is 6.31. The number of nitrogens with zero attached hydrogens (tertiary/aromatic N) is 1. The molecule has 1 aromatic rings. The second kappa shape index (κ2) is 5.16. The lowest BCUT2D eigenvalue weighted by Gasteiger charge is -2.29. The zero-order valence-corrected chi connectivity index (χ0v) is 12.3. The number of hydrogen-bond acceptors (Lipinski definition) is 2. The smallest absolute Gasteiger partial charge is 0.0233 e. The van der Waals surface area contributed by atoms with Crippen LogP contribution in [0.4, 0.5) is 0 Å². The lowest BCUT2D eigenvalue weighted by atomic mass is 9.78. The van der Waals surface area contributed by atoms with Gasteiger partial charge >= 0.3 is 0 Å². The summed E-state index contributed by atoms with van der Waals surface area (Å²) in [6, 6.07) is 9.84. The highest BCUT2D eigenvalue weighted by atomic mass is 15.2. The van der Waals surface area contributed by atoms with Crippen LogP contribution in [0.15, 0.2) is 24.3 Å². The van der Waals surface area contributed by atoms with Gasteiger partial charge < -0.3 is 5.73 Å². The first-order valence-electron chi connectivity index (χ1n) is 8.36. The van der Waals surface area contributed by atoms with E-state index in [0.29, 0.717) is 6.04 Å². The van der Waals surface area contributed by atoms with E-state index >= 15 is 0 Å². The van der Waals surface area contributed by atoms with Gasteiger partial charge in [-0.05, 0) is 54.6 Å². The van der Waals surface area contributed by atoms with E-state index in [1.165, 1.54) is 50.8 Å². The van der Waals surface area contributed by atoms with Crippen LogP contribution in [0.2, 0.25) is 0 Å². The van der Waals surface area contributed by atoms with Gasteiger partial charge in [0.25, 0.3) is 0 Å². The monoisotopic (exact) mass is 270 g/mol. The van der Waals surface area contributed by atoms with Gasteiger partial charge in [0.05, 0.1) is 0 Å². The molecular weight excluding hydrogens is 244 g/mol. The Morgan fingerprint density at radius 2 is 1.80 bits per heavy atom. The summed E-state index contributed by atoms with van der Waals surface area (Å²) in [5, 5.41) is 0. The third kappa shape index (κ3) is 2.51. The number of fused-ring (bicyclic) bond motifs is 1. The number of nitrogens with two attached hydrogens (primary N) is 1. The molecule has 3 atom stereocenters. The minimum Gasteiger partial charge on any atom is -0.327 e. The van der Waals surface area contributed by atoms with Crippen LogP contribution in [0.5, 0.6) is 0 Å². The van der Waals surface area contributed by atoms with Crippen LogP contribution < -0.4 is 5.73 Å². The summed E-state index contributed by atoms with van der Waals surface area (Å²) in [6.45, 7) is 3.60. The fourth-order valence-electron chi connectivity index (χ4n) is 4.31. The van der Waals surface area contributed by atoms with Crippen molar-refractivity contribution in [2.24, 2.45) is 17.6 Å². The predicted octanol–water partition coefficient (Wildman–Crippen LogP) is 3.12. The summed E-state index contributed by atoms with van der Waals surface area (Å²) in [4.78, 5) is 2.63. The average Bonchev–Trinajstić information content (AvgIpc) is 3.21. The molecule has 3 fully saturated rings. The highest BCUT2D eigenvalue weighted by molar-refractivity contribution is 5.28. The van der Waals surface area contributed by atoms with Crippen molar-refractivity contribution < 1.29 is 0 Å². The third-order valence-electron chi connectivity index (χ3n) is 5.66. The molecule has 108 valence electrons. The van der Waals surface area contributed by atoms with Gasteiger partial charge in [-0.25, -0.2) is 0 Å². The van der Waals surface area contributed by atoms with Gasteiger partial charge in [0.15, 0.2) is 0 Å². The van der Waals surface area contributed by atoms with E-state index in [-0.39, 0.29) is 0 Å². The van der Waals surface area contributed by atoms with Crippen LogP contribution in [0, 0.1) is 11.8 Å². The van der Waals surface area contributed by atoms with E-state index in [4.69, 9.17) is 5.73 Å². The summed E-state index contributed by atoms with van der Waals surface area (Å²) >= 11 is 0. The van der Waals surface area contributed by atoms with E-state index in [9.17, 15) is 0 Å². The van der Waals surface area contributed by atoms with Crippen molar-refractivity contribution in [3.05, 3.63) is 35.4 Å². The van der Waals surface area contributed by atoms with E-state index in [1.54, 1.807) is 5.56 Å². The van der Waals surface area contributed by atoms with Crippen LogP contribution in [-0.2, 0) is 6.54 Å². The van der Waals surface area contributed by atoms with Crippen LogP contribution in [0.3, 0.4) is 0 Å². The molecule has 0 bridgehead atoms. The number of likely N-dealkylation sites (tertiary alicyclic amines) is 1. The first-order chi connectivity index (χ1) is 9.79. The fourth-order valence-corrected chi connectivity index (χ4v) is 4.31. The Hall–Kier alpha value is -0.860. The molecule has 0 amide bonds. The third-order valence-corrected chi connectivity index (χ3v) is 5.66. The van der Waals surface area contributed by atoms with Crippen LogP contribution in [-0.4, -0.2) is 24.0 Å². The molecule has 3 unspecified atom stereocenters. The summed E-state index contributed by atoms with van der Waals surface area (Å²) in [6.07, 6.45) is 6.77. The molecule has 1 aliphatic heterocycles. The van der Waals surface area contributed by atoms with Crippen LogP contribution in [0.25, 0.3) is 0 Å². The second-order valence-corrected chi connectivity index (χ2v) is 7.23. The SMILES string of the molecule is NC1CCCC2CN(Cc3ccc(C4CC4)cc3)CC12. The molecule has 3 aliphatic rings. The molecule has 1 aromatic carbocycles. The topological polar surface area (TPSA) is 29.3 Å². The first-order valence-corrected chi connectivity index (χ1v) is 8.36. The molecule has 2 aliphatic carbocycles.